The minimum Gasteiger partial charge on any atom is -0.494 e. The molecule has 0 amide bonds. The zero-order valence-corrected chi connectivity index (χ0v) is 26.6. The third-order valence-corrected chi connectivity index (χ3v) is 8.41. The molecule has 2 atom stereocenters. The molecule has 4 aromatic rings. The summed E-state index contributed by atoms with van der Waals surface area (Å²) in [6.07, 6.45) is 10.6. The van der Waals surface area contributed by atoms with Crippen LogP contribution in [0.4, 0.5) is 8.78 Å². The molecule has 2 saturated heterocycles. The second kappa shape index (κ2) is 18.3. The van der Waals surface area contributed by atoms with E-state index in [1.54, 1.807) is 12.1 Å². The molecule has 0 aliphatic carbocycles. The Labute approximate surface area is 272 Å². The molecule has 5 nitrogen and oxygen atoms in total. The van der Waals surface area contributed by atoms with Crippen molar-refractivity contribution in [3.63, 3.8) is 0 Å². The van der Waals surface area contributed by atoms with E-state index in [0.29, 0.717) is 23.6 Å². The Morgan fingerprint density at radius 3 is 1.35 bits per heavy atom. The van der Waals surface area contributed by atoms with Gasteiger partial charge in [-0.3, -0.25) is 0 Å². The van der Waals surface area contributed by atoms with Gasteiger partial charge in [0.15, 0.2) is 0 Å². The van der Waals surface area contributed by atoms with Gasteiger partial charge in [-0.2, -0.15) is 0 Å². The first-order chi connectivity index (χ1) is 22.6. The summed E-state index contributed by atoms with van der Waals surface area (Å²) in [6, 6.07) is 29.6. The summed E-state index contributed by atoms with van der Waals surface area (Å²) >= 11 is 0. The average Bonchev–Trinajstić information content (AvgIpc) is 3.10. The Kier molecular flexibility index (Phi) is 13.3. The highest BCUT2D eigenvalue weighted by molar-refractivity contribution is 5.35. The topological polar surface area (TPSA) is 51.8 Å². The molecule has 6 rings (SSSR count). The molecular weight excluding hydrogens is 582 g/mol. The fourth-order valence-corrected chi connectivity index (χ4v) is 5.76. The Morgan fingerprint density at radius 1 is 0.500 bits per heavy atom. The quantitative estimate of drug-likeness (QED) is 0.164. The maximum absolute atomic E-state index is 12.9. The van der Waals surface area contributed by atoms with Gasteiger partial charge in [-0.15, -0.1) is 0 Å². The van der Waals surface area contributed by atoms with Crippen LogP contribution in [-0.4, -0.2) is 38.4 Å². The summed E-state index contributed by atoms with van der Waals surface area (Å²) < 4.78 is 43.0. The highest BCUT2D eigenvalue weighted by Gasteiger charge is 2.13. The largest absolute Gasteiger partial charge is 0.494 e. The van der Waals surface area contributed by atoms with Gasteiger partial charge < -0.3 is 24.8 Å². The molecule has 2 aliphatic rings. The number of piperidine rings is 2. The molecular formula is C39H46F2N2O3. The van der Waals surface area contributed by atoms with Gasteiger partial charge in [0.25, 0.3) is 0 Å². The molecule has 0 aromatic heterocycles. The average molecular weight is 629 g/mol. The molecule has 4 aromatic carbocycles. The smallest absolute Gasteiger partial charge is 0.127 e. The van der Waals surface area contributed by atoms with Crippen molar-refractivity contribution in [2.24, 2.45) is 0 Å². The van der Waals surface area contributed by atoms with Crippen molar-refractivity contribution in [3.05, 3.63) is 120 Å². The monoisotopic (exact) mass is 628 g/mol. The molecule has 244 valence electrons. The van der Waals surface area contributed by atoms with Crippen LogP contribution in [0.1, 0.15) is 62.5 Å². The van der Waals surface area contributed by atoms with Crippen LogP contribution in [0.3, 0.4) is 0 Å². The van der Waals surface area contributed by atoms with Gasteiger partial charge in [0.2, 0.25) is 0 Å². The fourth-order valence-electron chi connectivity index (χ4n) is 5.76. The summed E-state index contributed by atoms with van der Waals surface area (Å²) in [5, 5.41) is 7.06. The highest BCUT2D eigenvalue weighted by Crippen LogP contribution is 2.24. The predicted molar refractivity (Wildman–Crippen MR) is 180 cm³/mol. The van der Waals surface area contributed by atoms with E-state index < -0.39 is 0 Å². The predicted octanol–water partition coefficient (Wildman–Crippen LogP) is 8.86. The fraction of sp³-hybridized carbons (Fsp3) is 0.385. The number of rotatable bonds is 12. The van der Waals surface area contributed by atoms with E-state index in [2.05, 4.69) is 22.8 Å². The Balaban J connectivity index is 0.000000181. The van der Waals surface area contributed by atoms with E-state index in [0.717, 1.165) is 62.6 Å². The lowest BCUT2D eigenvalue weighted by Crippen LogP contribution is -2.35. The second-order valence-corrected chi connectivity index (χ2v) is 12.0. The SMILES string of the molecule is Fc1ccc(Cc2ccc(OCCC3CCCCN3)cc2)cc1.Fc1ccc(Oc2ccc(OCCC3CCCCN3)cc2)cc1. The third kappa shape index (κ3) is 11.8. The molecule has 0 radical (unpaired) electrons. The zero-order valence-electron chi connectivity index (χ0n) is 26.6. The number of ether oxygens (including phenoxy) is 3. The summed E-state index contributed by atoms with van der Waals surface area (Å²) in [5.74, 6) is 2.62. The molecule has 7 heteroatoms. The van der Waals surface area contributed by atoms with Gasteiger partial charge in [-0.05, 0) is 142 Å². The van der Waals surface area contributed by atoms with Crippen molar-refractivity contribution in [3.8, 4) is 23.0 Å². The number of benzene rings is 4. The van der Waals surface area contributed by atoms with Crippen LogP contribution < -0.4 is 24.8 Å². The summed E-state index contributed by atoms with van der Waals surface area (Å²) in [7, 11) is 0. The van der Waals surface area contributed by atoms with Crippen LogP contribution in [-0.2, 0) is 6.42 Å². The van der Waals surface area contributed by atoms with Gasteiger partial charge >= 0.3 is 0 Å². The minimum atomic E-state index is -0.270. The molecule has 0 spiro atoms. The van der Waals surface area contributed by atoms with Crippen LogP contribution in [0.15, 0.2) is 97.1 Å². The van der Waals surface area contributed by atoms with Gasteiger partial charge in [-0.1, -0.05) is 37.1 Å². The number of hydrogen-bond donors (Lipinski definition) is 2. The second-order valence-electron chi connectivity index (χ2n) is 12.0. The van der Waals surface area contributed by atoms with E-state index >= 15 is 0 Å². The first-order valence-corrected chi connectivity index (χ1v) is 16.7. The van der Waals surface area contributed by atoms with Crippen molar-refractivity contribution < 1.29 is 23.0 Å². The maximum atomic E-state index is 12.9. The number of halogens is 2. The van der Waals surface area contributed by atoms with Gasteiger partial charge in [0.05, 0.1) is 13.2 Å². The maximum Gasteiger partial charge on any atom is 0.127 e. The van der Waals surface area contributed by atoms with E-state index in [-0.39, 0.29) is 11.6 Å². The molecule has 0 bridgehead atoms. The first-order valence-electron chi connectivity index (χ1n) is 16.7. The zero-order chi connectivity index (χ0) is 31.8. The van der Waals surface area contributed by atoms with Crippen LogP contribution in [0.5, 0.6) is 23.0 Å². The molecule has 2 N–H and O–H groups in total. The standard InChI is InChI=1S/C20H24FNO.C19H22FNO2/c21-18-8-4-16(5-9-18)15-17-6-10-20(11-7-17)23-14-12-19-3-1-2-13-22-19;20-15-4-6-18(7-5-15)23-19-10-8-17(9-11-19)22-14-12-16-3-1-2-13-21-16/h4-11,19,22H,1-3,12-15H2;4-11,16,21H,1-3,12-14H2. The normalized spacial score (nSPS) is 17.8. The van der Waals surface area contributed by atoms with Gasteiger partial charge in [0.1, 0.15) is 34.6 Å². The van der Waals surface area contributed by atoms with E-state index in [1.165, 1.54) is 68.4 Å². The first kappa shape index (κ1) is 33.4. The van der Waals surface area contributed by atoms with Gasteiger partial charge in [0, 0.05) is 12.1 Å². The van der Waals surface area contributed by atoms with Crippen LogP contribution in [0.2, 0.25) is 0 Å². The summed E-state index contributed by atoms with van der Waals surface area (Å²) in [5.41, 5.74) is 2.32. The molecule has 46 heavy (non-hydrogen) atoms. The van der Waals surface area contributed by atoms with E-state index in [9.17, 15) is 8.78 Å². The molecule has 2 fully saturated rings. The molecule has 2 aliphatic heterocycles. The Hall–Kier alpha value is -3.94. The number of nitrogens with one attached hydrogen (secondary N) is 2. The molecule has 2 heterocycles. The van der Waals surface area contributed by atoms with Crippen LogP contribution in [0, 0.1) is 11.6 Å². The summed E-state index contributed by atoms with van der Waals surface area (Å²) in [6.45, 7) is 3.74. The molecule has 2 unspecified atom stereocenters. The van der Waals surface area contributed by atoms with E-state index in [4.69, 9.17) is 14.2 Å². The lowest BCUT2D eigenvalue weighted by Gasteiger charge is -2.23. The Morgan fingerprint density at radius 2 is 0.891 bits per heavy atom. The van der Waals surface area contributed by atoms with Crippen LogP contribution in [0.25, 0.3) is 0 Å². The third-order valence-electron chi connectivity index (χ3n) is 8.41. The number of hydrogen-bond acceptors (Lipinski definition) is 5. The van der Waals surface area contributed by atoms with Crippen molar-refractivity contribution in [1.29, 1.82) is 0 Å². The molecule has 0 saturated carbocycles. The Bertz CT molecular complexity index is 1290. The lowest BCUT2D eigenvalue weighted by atomic mass is 10.0. The van der Waals surface area contributed by atoms with E-state index in [1.807, 2.05) is 48.5 Å². The van der Waals surface area contributed by atoms with Crippen molar-refractivity contribution >= 4 is 0 Å². The highest BCUT2D eigenvalue weighted by atomic mass is 19.1. The minimum absolute atomic E-state index is 0.190. The summed E-state index contributed by atoms with van der Waals surface area (Å²) in [4.78, 5) is 0. The van der Waals surface area contributed by atoms with Crippen molar-refractivity contribution in [2.45, 2.75) is 69.9 Å². The van der Waals surface area contributed by atoms with Crippen molar-refractivity contribution in [2.75, 3.05) is 26.3 Å². The van der Waals surface area contributed by atoms with Gasteiger partial charge in [-0.25, -0.2) is 8.78 Å². The van der Waals surface area contributed by atoms with Crippen molar-refractivity contribution in [1.82, 2.24) is 10.6 Å². The lowest BCUT2D eigenvalue weighted by molar-refractivity contribution is 0.268. The van der Waals surface area contributed by atoms with Crippen LogP contribution >= 0.6 is 0 Å².